The summed E-state index contributed by atoms with van der Waals surface area (Å²) in [6.45, 7) is 12.0. The van der Waals surface area contributed by atoms with Crippen LogP contribution in [0.1, 0.15) is 62.5 Å². The lowest BCUT2D eigenvalue weighted by molar-refractivity contribution is -0.127. The maximum Gasteiger partial charge on any atom is 0.257 e. The maximum atomic E-state index is 12.9. The number of hydrogen-bond acceptors (Lipinski definition) is 3. The first kappa shape index (κ1) is 19.6. The summed E-state index contributed by atoms with van der Waals surface area (Å²) in [6.07, 6.45) is 7.25. The van der Waals surface area contributed by atoms with E-state index in [4.69, 9.17) is 0 Å². The molecule has 0 aromatic carbocycles. The first-order valence-corrected chi connectivity index (χ1v) is 10.1. The Morgan fingerprint density at radius 1 is 1.30 bits per heavy atom. The van der Waals surface area contributed by atoms with Crippen molar-refractivity contribution >= 4 is 11.8 Å². The molecule has 3 rings (SSSR count). The van der Waals surface area contributed by atoms with Crippen molar-refractivity contribution < 1.29 is 9.59 Å². The minimum Gasteiger partial charge on any atom is -0.338 e. The largest absolute Gasteiger partial charge is 0.338 e. The molecule has 2 aliphatic rings. The molecule has 27 heavy (non-hydrogen) atoms. The van der Waals surface area contributed by atoms with E-state index in [0.29, 0.717) is 18.5 Å². The molecule has 1 aromatic rings. The lowest BCUT2D eigenvalue weighted by Crippen LogP contribution is -2.44. The summed E-state index contributed by atoms with van der Waals surface area (Å²) >= 11 is 0. The summed E-state index contributed by atoms with van der Waals surface area (Å²) in [5.41, 5.74) is 2.95. The number of hydrogen-bond donors (Lipinski definition) is 0. The number of aryl methyl sites for hydroxylation is 1. The second-order valence-corrected chi connectivity index (χ2v) is 8.39. The summed E-state index contributed by atoms with van der Waals surface area (Å²) in [6, 6.07) is 0. The first-order valence-electron chi connectivity index (χ1n) is 10.1. The van der Waals surface area contributed by atoms with E-state index in [1.165, 1.54) is 5.57 Å². The lowest BCUT2D eigenvalue weighted by Gasteiger charge is -2.38. The molecule has 2 fully saturated rings. The van der Waals surface area contributed by atoms with Crippen LogP contribution in [0.5, 0.6) is 0 Å². The minimum atomic E-state index is 0.0464. The number of nitrogens with zero attached hydrogens (tertiary/aromatic N) is 4. The van der Waals surface area contributed by atoms with Crippen LogP contribution in [0.3, 0.4) is 0 Å². The number of amides is 2. The van der Waals surface area contributed by atoms with Gasteiger partial charge in [-0.2, -0.15) is 5.10 Å². The number of allylic oxidation sites excluding steroid dienone is 1. The van der Waals surface area contributed by atoms with Gasteiger partial charge in [-0.25, -0.2) is 0 Å². The van der Waals surface area contributed by atoms with Crippen LogP contribution in [0.4, 0.5) is 0 Å². The molecule has 0 radical (unpaired) electrons. The van der Waals surface area contributed by atoms with Gasteiger partial charge < -0.3 is 9.80 Å². The van der Waals surface area contributed by atoms with E-state index < -0.39 is 0 Å². The molecule has 2 aliphatic heterocycles. The highest BCUT2D eigenvalue weighted by Crippen LogP contribution is 2.41. The molecule has 1 aromatic heterocycles. The van der Waals surface area contributed by atoms with Crippen molar-refractivity contribution in [3.63, 3.8) is 0 Å². The second kappa shape index (κ2) is 7.87. The molecule has 0 bridgehead atoms. The summed E-state index contributed by atoms with van der Waals surface area (Å²) in [4.78, 5) is 29.3. The highest BCUT2D eigenvalue weighted by Gasteiger charge is 2.45. The zero-order valence-corrected chi connectivity index (χ0v) is 17.1. The molecule has 3 heterocycles. The Bertz CT molecular complexity index is 737. The fraction of sp³-hybridized carbons (Fsp3) is 0.667. The lowest BCUT2D eigenvalue weighted by atomic mass is 9.77. The van der Waals surface area contributed by atoms with Crippen molar-refractivity contribution in [1.82, 2.24) is 19.6 Å². The Morgan fingerprint density at radius 3 is 2.63 bits per heavy atom. The molecule has 2 amide bonds. The molecular weight excluding hydrogens is 340 g/mol. The van der Waals surface area contributed by atoms with Gasteiger partial charge in [0.15, 0.2) is 0 Å². The van der Waals surface area contributed by atoms with E-state index in [1.54, 1.807) is 6.20 Å². The number of carbonyl (C=O) groups is 2. The Balaban J connectivity index is 1.61. The number of piperidine rings is 1. The van der Waals surface area contributed by atoms with Crippen molar-refractivity contribution in [2.45, 2.75) is 59.9 Å². The van der Waals surface area contributed by atoms with Crippen LogP contribution in [-0.4, -0.2) is 57.6 Å². The molecule has 0 unspecified atom stereocenters. The van der Waals surface area contributed by atoms with Gasteiger partial charge in [0.25, 0.3) is 5.91 Å². The van der Waals surface area contributed by atoms with Gasteiger partial charge in [0.1, 0.15) is 0 Å². The van der Waals surface area contributed by atoms with E-state index >= 15 is 0 Å². The van der Waals surface area contributed by atoms with Gasteiger partial charge in [-0.15, -0.1) is 0 Å². The van der Waals surface area contributed by atoms with Crippen LogP contribution in [0.2, 0.25) is 0 Å². The molecule has 0 N–H and O–H groups in total. The van der Waals surface area contributed by atoms with Crippen LogP contribution in [0.15, 0.2) is 17.8 Å². The predicted molar refractivity (Wildman–Crippen MR) is 105 cm³/mol. The molecule has 0 aliphatic carbocycles. The van der Waals surface area contributed by atoms with Gasteiger partial charge >= 0.3 is 0 Å². The van der Waals surface area contributed by atoms with Crippen LogP contribution < -0.4 is 0 Å². The Kier molecular flexibility index (Phi) is 5.72. The van der Waals surface area contributed by atoms with Gasteiger partial charge in [-0.3, -0.25) is 14.3 Å². The maximum absolute atomic E-state index is 12.9. The molecular formula is C21H32N4O2. The first-order chi connectivity index (χ1) is 12.8. The highest BCUT2D eigenvalue weighted by atomic mass is 16.2. The van der Waals surface area contributed by atoms with E-state index in [2.05, 4.69) is 31.9 Å². The van der Waals surface area contributed by atoms with Gasteiger partial charge in [0.05, 0.1) is 11.8 Å². The van der Waals surface area contributed by atoms with Gasteiger partial charge in [-0.05, 0) is 40.0 Å². The van der Waals surface area contributed by atoms with Crippen molar-refractivity contribution in [3.05, 3.63) is 29.1 Å². The molecule has 1 spiro atoms. The standard InChI is InChI=1S/C21H32N4O2/c1-5-9-25-17(4)18(14-22-25)20(27)23-11-7-21(8-12-23)13-19(26)24(15-21)10-6-16(2)3/h6,14H,5,7-13,15H2,1-4H3. The smallest absolute Gasteiger partial charge is 0.257 e. The number of aromatic nitrogens is 2. The number of carbonyl (C=O) groups excluding carboxylic acids is 2. The Labute approximate surface area is 162 Å². The molecule has 2 saturated heterocycles. The third-order valence-electron chi connectivity index (χ3n) is 6.01. The Hall–Kier alpha value is -2.11. The van der Waals surface area contributed by atoms with E-state index in [0.717, 1.165) is 51.1 Å². The molecule has 6 heteroatoms. The van der Waals surface area contributed by atoms with Crippen LogP contribution in [0.25, 0.3) is 0 Å². The van der Waals surface area contributed by atoms with Crippen molar-refractivity contribution in [1.29, 1.82) is 0 Å². The normalized spacial score (nSPS) is 19.0. The second-order valence-electron chi connectivity index (χ2n) is 8.39. The van der Waals surface area contributed by atoms with Crippen molar-refractivity contribution in [3.8, 4) is 0 Å². The van der Waals surface area contributed by atoms with Gasteiger partial charge in [0.2, 0.25) is 5.91 Å². The summed E-state index contributed by atoms with van der Waals surface area (Å²) in [5.74, 6) is 0.333. The summed E-state index contributed by atoms with van der Waals surface area (Å²) in [5, 5.41) is 4.36. The summed E-state index contributed by atoms with van der Waals surface area (Å²) < 4.78 is 1.91. The topological polar surface area (TPSA) is 58.4 Å². The quantitative estimate of drug-likeness (QED) is 0.747. The fourth-order valence-corrected chi connectivity index (χ4v) is 4.22. The van der Waals surface area contributed by atoms with E-state index in [9.17, 15) is 9.59 Å². The highest BCUT2D eigenvalue weighted by molar-refractivity contribution is 5.95. The zero-order valence-electron chi connectivity index (χ0n) is 17.1. The van der Waals surface area contributed by atoms with Gasteiger partial charge in [0, 0.05) is 50.3 Å². The molecule has 148 valence electrons. The molecule has 6 nitrogen and oxygen atoms in total. The van der Waals surface area contributed by atoms with Crippen molar-refractivity contribution in [2.24, 2.45) is 5.41 Å². The van der Waals surface area contributed by atoms with Crippen LogP contribution in [-0.2, 0) is 11.3 Å². The van der Waals surface area contributed by atoms with Crippen molar-refractivity contribution in [2.75, 3.05) is 26.2 Å². The average molecular weight is 373 g/mol. The van der Waals surface area contributed by atoms with E-state index in [1.807, 2.05) is 21.4 Å². The number of likely N-dealkylation sites (tertiary alicyclic amines) is 2. The van der Waals surface area contributed by atoms with Crippen LogP contribution >= 0.6 is 0 Å². The molecule has 0 saturated carbocycles. The molecule has 0 atom stereocenters. The van der Waals surface area contributed by atoms with E-state index in [-0.39, 0.29) is 17.2 Å². The van der Waals surface area contributed by atoms with Crippen LogP contribution in [0, 0.1) is 12.3 Å². The third-order valence-corrected chi connectivity index (χ3v) is 6.01. The Morgan fingerprint density at radius 2 is 2.00 bits per heavy atom. The fourth-order valence-electron chi connectivity index (χ4n) is 4.22. The predicted octanol–water partition coefficient (Wildman–Crippen LogP) is 3.02. The monoisotopic (exact) mass is 372 g/mol. The summed E-state index contributed by atoms with van der Waals surface area (Å²) in [7, 11) is 0. The zero-order chi connectivity index (χ0) is 19.6. The SMILES string of the molecule is CCCn1ncc(C(=O)N2CCC3(CC2)CC(=O)N(CC=C(C)C)C3)c1C. The van der Waals surface area contributed by atoms with Gasteiger partial charge in [-0.1, -0.05) is 18.6 Å². The number of rotatable bonds is 5. The minimum absolute atomic E-state index is 0.0464. The third kappa shape index (κ3) is 4.09. The average Bonchev–Trinajstić information content (AvgIpc) is 3.14.